The quantitative estimate of drug-likeness (QED) is 0.564. The van der Waals surface area contributed by atoms with Crippen molar-refractivity contribution in [3.05, 3.63) is 0 Å². The first-order chi connectivity index (χ1) is 6.27. The normalized spacial score (nSPS) is 19.4. The van der Waals surface area contributed by atoms with Crippen LogP contribution in [0.4, 0.5) is 0 Å². The minimum atomic E-state index is -0.433. The molecule has 13 heavy (non-hydrogen) atoms. The van der Waals surface area contributed by atoms with Crippen molar-refractivity contribution in [2.75, 3.05) is 33.4 Å². The minimum absolute atomic E-state index is 0.163. The zero-order valence-electron chi connectivity index (χ0n) is 8.15. The number of hydrogen-bond donors (Lipinski definition) is 2. The average molecular weight is 189 g/mol. The van der Waals surface area contributed by atoms with Crippen molar-refractivity contribution in [1.29, 1.82) is 0 Å². The van der Waals surface area contributed by atoms with Crippen LogP contribution in [0.1, 0.15) is 12.8 Å². The van der Waals surface area contributed by atoms with E-state index in [-0.39, 0.29) is 6.61 Å². The molecule has 0 radical (unpaired) electrons. The van der Waals surface area contributed by atoms with E-state index in [0.717, 1.165) is 0 Å². The number of rotatable bonds is 7. The Morgan fingerprint density at radius 1 is 1.54 bits per heavy atom. The van der Waals surface area contributed by atoms with Crippen LogP contribution in [0.15, 0.2) is 0 Å². The van der Waals surface area contributed by atoms with Gasteiger partial charge < -0.3 is 14.9 Å². The summed E-state index contributed by atoms with van der Waals surface area (Å²) in [5.74, 6) is 0. The van der Waals surface area contributed by atoms with E-state index in [1.54, 1.807) is 7.11 Å². The summed E-state index contributed by atoms with van der Waals surface area (Å²) in [6.45, 7) is 1.80. The van der Waals surface area contributed by atoms with E-state index in [0.29, 0.717) is 25.7 Å². The summed E-state index contributed by atoms with van der Waals surface area (Å²) >= 11 is 0. The van der Waals surface area contributed by atoms with Crippen LogP contribution in [0, 0.1) is 0 Å². The Balaban J connectivity index is 2.20. The Hall–Kier alpha value is -0.160. The Labute approximate surface area is 79.1 Å². The number of hydrogen-bond acceptors (Lipinski definition) is 4. The third-order valence-corrected chi connectivity index (χ3v) is 2.25. The maximum absolute atomic E-state index is 9.47. The van der Waals surface area contributed by atoms with Crippen LogP contribution in [0.2, 0.25) is 0 Å². The van der Waals surface area contributed by atoms with Crippen molar-refractivity contribution in [2.45, 2.75) is 25.0 Å². The molecule has 1 saturated carbocycles. The first-order valence-electron chi connectivity index (χ1n) is 4.79. The summed E-state index contributed by atoms with van der Waals surface area (Å²) in [4.78, 5) is 2.13. The molecule has 2 N–H and O–H groups in total. The highest BCUT2D eigenvalue weighted by atomic mass is 16.5. The van der Waals surface area contributed by atoms with E-state index >= 15 is 0 Å². The average Bonchev–Trinajstić information content (AvgIpc) is 2.86. The molecular weight excluding hydrogens is 170 g/mol. The largest absolute Gasteiger partial charge is 0.395 e. The van der Waals surface area contributed by atoms with Crippen molar-refractivity contribution >= 4 is 0 Å². The molecule has 1 unspecified atom stereocenters. The number of ether oxygens (including phenoxy) is 1. The van der Waals surface area contributed by atoms with Gasteiger partial charge in [-0.15, -0.1) is 0 Å². The Morgan fingerprint density at radius 3 is 2.69 bits per heavy atom. The molecule has 0 saturated heterocycles. The van der Waals surface area contributed by atoms with E-state index in [4.69, 9.17) is 9.84 Å². The van der Waals surface area contributed by atoms with Crippen LogP contribution in [-0.2, 0) is 4.74 Å². The first-order valence-corrected chi connectivity index (χ1v) is 4.79. The zero-order valence-corrected chi connectivity index (χ0v) is 8.15. The molecule has 4 heteroatoms. The summed E-state index contributed by atoms with van der Waals surface area (Å²) < 4.78 is 4.84. The molecule has 0 heterocycles. The lowest BCUT2D eigenvalue weighted by Gasteiger charge is -2.23. The summed E-state index contributed by atoms with van der Waals surface area (Å²) in [6.07, 6.45) is 1.96. The molecule has 78 valence electrons. The Bertz CT molecular complexity index is 139. The van der Waals surface area contributed by atoms with Gasteiger partial charge in [-0.1, -0.05) is 0 Å². The minimum Gasteiger partial charge on any atom is -0.395 e. The van der Waals surface area contributed by atoms with Gasteiger partial charge in [-0.25, -0.2) is 0 Å². The third kappa shape index (κ3) is 4.04. The Morgan fingerprint density at radius 2 is 2.23 bits per heavy atom. The topological polar surface area (TPSA) is 52.9 Å². The van der Waals surface area contributed by atoms with Crippen LogP contribution < -0.4 is 0 Å². The second-order valence-corrected chi connectivity index (χ2v) is 3.56. The molecule has 0 aliphatic heterocycles. The fourth-order valence-electron chi connectivity index (χ4n) is 1.51. The van der Waals surface area contributed by atoms with Gasteiger partial charge in [0.25, 0.3) is 0 Å². The molecule has 0 amide bonds. The van der Waals surface area contributed by atoms with Crippen molar-refractivity contribution in [2.24, 2.45) is 0 Å². The fraction of sp³-hybridized carbons (Fsp3) is 1.00. The summed E-state index contributed by atoms with van der Waals surface area (Å²) in [5, 5.41) is 18.3. The predicted octanol–water partition coefficient (Wildman–Crippen LogP) is -0.550. The SMILES string of the molecule is COCC(O)CN(CCO)C1CC1. The van der Waals surface area contributed by atoms with E-state index in [9.17, 15) is 5.11 Å². The molecule has 0 bridgehead atoms. The lowest BCUT2D eigenvalue weighted by atomic mass is 10.3. The maximum atomic E-state index is 9.47. The van der Waals surface area contributed by atoms with E-state index in [2.05, 4.69) is 4.90 Å². The van der Waals surface area contributed by atoms with E-state index in [1.807, 2.05) is 0 Å². The molecule has 1 fully saturated rings. The highest BCUT2D eigenvalue weighted by Gasteiger charge is 2.29. The van der Waals surface area contributed by atoms with Crippen molar-refractivity contribution in [1.82, 2.24) is 4.90 Å². The van der Waals surface area contributed by atoms with Crippen LogP contribution in [0.25, 0.3) is 0 Å². The van der Waals surface area contributed by atoms with Crippen molar-refractivity contribution in [3.63, 3.8) is 0 Å². The monoisotopic (exact) mass is 189 g/mol. The van der Waals surface area contributed by atoms with Crippen LogP contribution in [-0.4, -0.2) is 60.7 Å². The summed E-state index contributed by atoms with van der Waals surface area (Å²) in [6, 6.07) is 0.582. The standard InChI is InChI=1S/C9H19NO3/c1-13-7-9(12)6-10(4-5-11)8-2-3-8/h8-9,11-12H,2-7H2,1H3. The summed E-state index contributed by atoms with van der Waals surface area (Å²) in [7, 11) is 1.58. The molecule has 1 aliphatic carbocycles. The van der Waals surface area contributed by atoms with Gasteiger partial charge in [-0.3, -0.25) is 4.90 Å². The van der Waals surface area contributed by atoms with Crippen LogP contribution in [0.5, 0.6) is 0 Å². The zero-order chi connectivity index (χ0) is 9.68. The second-order valence-electron chi connectivity index (χ2n) is 3.56. The summed E-state index contributed by atoms with van der Waals surface area (Å²) in [5.41, 5.74) is 0. The molecule has 4 nitrogen and oxygen atoms in total. The number of aliphatic hydroxyl groups is 2. The molecule has 0 aromatic heterocycles. The van der Waals surface area contributed by atoms with E-state index in [1.165, 1.54) is 12.8 Å². The maximum Gasteiger partial charge on any atom is 0.0900 e. The molecule has 0 aromatic rings. The van der Waals surface area contributed by atoms with Gasteiger partial charge in [-0.05, 0) is 12.8 Å². The number of methoxy groups -OCH3 is 1. The lowest BCUT2D eigenvalue weighted by Crippen LogP contribution is -2.38. The highest BCUT2D eigenvalue weighted by Crippen LogP contribution is 2.26. The Kier molecular flexibility index (Phi) is 4.66. The molecule has 0 spiro atoms. The number of nitrogens with zero attached hydrogens (tertiary/aromatic N) is 1. The second kappa shape index (κ2) is 5.54. The van der Waals surface area contributed by atoms with Crippen LogP contribution >= 0.6 is 0 Å². The fourth-order valence-corrected chi connectivity index (χ4v) is 1.51. The lowest BCUT2D eigenvalue weighted by molar-refractivity contribution is 0.0317. The smallest absolute Gasteiger partial charge is 0.0900 e. The molecule has 1 rings (SSSR count). The van der Waals surface area contributed by atoms with Crippen molar-refractivity contribution in [3.8, 4) is 0 Å². The van der Waals surface area contributed by atoms with Crippen molar-refractivity contribution < 1.29 is 14.9 Å². The van der Waals surface area contributed by atoms with Gasteiger partial charge in [0.1, 0.15) is 0 Å². The molecule has 1 atom stereocenters. The van der Waals surface area contributed by atoms with Crippen LogP contribution in [0.3, 0.4) is 0 Å². The highest BCUT2D eigenvalue weighted by molar-refractivity contribution is 4.85. The number of aliphatic hydroxyl groups excluding tert-OH is 2. The molecule has 0 aromatic carbocycles. The third-order valence-electron chi connectivity index (χ3n) is 2.25. The van der Waals surface area contributed by atoms with Gasteiger partial charge in [0.15, 0.2) is 0 Å². The van der Waals surface area contributed by atoms with Gasteiger partial charge in [0, 0.05) is 26.2 Å². The predicted molar refractivity (Wildman–Crippen MR) is 49.6 cm³/mol. The molecule has 1 aliphatic rings. The molecular formula is C9H19NO3. The van der Waals surface area contributed by atoms with Gasteiger partial charge in [0.2, 0.25) is 0 Å². The first kappa shape index (κ1) is 10.9. The van der Waals surface area contributed by atoms with E-state index < -0.39 is 6.10 Å². The van der Waals surface area contributed by atoms with Gasteiger partial charge in [-0.2, -0.15) is 0 Å². The van der Waals surface area contributed by atoms with Gasteiger partial charge >= 0.3 is 0 Å². The van der Waals surface area contributed by atoms with Gasteiger partial charge in [0.05, 0.1) is 19.3 Å².